The van der Waals surface area contributed by atoms with Gasteiger partial charge in [-0.05, 0) is 18.2 Å². The first-order chi connectivity index (χ1) is 7.27. The summed E-state index contributed by atoms with van der Waals surface area (Å²) in [5, 5.41) is 0. The van der Waals surface area contributed by atoms with Crippen molar-refractivity contribution in [1.29, 1.82) is 0 Å². The van der Waals surface area contributed by atoms with Crippen molar-refractivity contribution < 1.29 is 14.3 Å². The van der Waals surface area contributed by atoms with E-state index in [2.05, 4.69) is 6.58 Å². The number of benzene rings is 1. The molecule has 1 aromatic rings. The molecule has 0 aromatic heterocycles. The fourth-order valence-corrected chi connectivity index (χ4v) is 1.10. The van der Waals surface area contributed by atoms with Crippen LogP contribution in [0.1, 0.15) is 10.4 Å². The molecule has 0 amide bonds. The highest BCUT2D eigenvalue weighted by Gasteiger charge is 2.02. The first kappa shape index (κ1) is 11.5. The zero-order valence-corrected chi connectivity index (χ0v) is 8.73. The summed E-state index contributed by atoms with van der Waals surface area (Å²) >= 11 is 0. The van der Waals surface area contributed by atoms with Gasteiger partial charge in [-0.3, -0.25) is 4.79 Å². The minimum absolute atomic E-state index is 0.104. The molecule has 0 fully saturated rings. The minimum atomic E-state index is -0.104. The Morgan fingerprint density at radius 2 is 2.27 bits per heavy atom. The van der Waals surface area contributed by atoms with E-state index in [0.717, 1.165) is 0 Å². The zero-order valence-electron chi connectivity index (χ0n) is 8.73. The highest BCUT2D eigenvalue weighted by atomic mass is 16.5. The molecule has 0 atom stereocenters. The van der Waals surface area contributed by atoms with Crippen LogP contribution in [-0.2, 0) is 4.74 Å². The van der Waals surface area contributed by atoms with Gasteiger partial charge in [0.05, 0.1) is 6.61 Å². The van der Waals surface area contributed by atoms with Gasteiger partial charge in [-0.1, -0.05) is 18.7 Å². The molecule has 0 spiro atoms. The number of hydrogen-bond donors (Lipinski definition) is 0. The van der Waals surface area contributed by atoms with Crippen LogP contribution in [0.4, 0.5) is 0 Å². The van der Waals surface area contributed by atoms with E-state index in [9.17, 15) is 4.79 Å². The van der Waals surface area contributed by atoms with Gasteiger partial charge < -0.3 is 9.47 Å². The maximum absolute atomic E-state index is 11.3. The number of methoxy groups -OCH3 is 1. The molecule has 15 heavy (non-hydrogen) atoms. The Kier molecular flexibility index (Phi) is 4.57. The fraction of sp³-hybridized carbons (Fsp3) is 0.250. The lowest BCUT2D eigenvalue weighted by atomic mass is 10.1. The van der Waals surface area contributed by atoms with Gasteiger partial charge in [0.25, 0.3) is 0 Å². The summed E-state index contributed by atoms with van der Waals surface area (Å²) in [7, 11) is 1.61. The molecule has 0 radical (unpaired) electrons. The van der Waals surface area contributed by atoms with Crippen LogP contribution in [0.3, 0.4) is 0 Å². The molecule has 0 aliphatic carbocycles. The predicted octanol–water partition coefficient (Wildman–Crippen LogP) is 2.08. The normalized spacial score (nSPS) is 9.67. The van der Waals surface area contributed by atoms with Crippen LogP contribution in [0.2, 0.25) is 0 Å². The molecular weight excluding hydrogens is 192 g/mol. The number of ether oxygens (including phenoxy) is 2. The SMILES string of the molecule is C=CC(=O)c1cccc(OCCOC)c1. The predicted molar refractivity (Wildman–Crippen MR) is 58.3 cm³/mol. The van der Waals surface area contributed by atoms with Crippen LogP contribution in [0, 0.1) is 0 Å². The summed E-state index contributed by atoms with van der Waals surface area (Å²) in [6, 6.07) is 7.00. The van der Waals surface area contributed by atoms with Crippen molar-refractivity contribution in [1.82, 2.24) is 0 Å². The quantitative estimate of drug-likeness (QED) is 0.406. The van der Waals surface area contributed by atoms with Gasteiger partial charge in [-0.25, -0.2) is 0 Å². The average molecular weight is 206 g/mol. The lowest BCUT2D eigenvalue weighted by molar-refractivity contribution is 0.104. The van der Waals surface area contributed by atoms with Gasteiger partial charge >= 0.3 is 0 Å². The Balaban J connectivity index is 2.65. The van der Waals surface area contributed by atoms with E-state index in [-0.39, 0.29) is 5.78 Å². The largest absolute Gasteiger partial charge is 0.491 e. The maximum Gasteiger partial charge on any atom is 0.185 e. The molecule has 3 heteroatoms. The third-order valence-corrected chi connectivity index (χ3v) is 1.86. The van der Waals surface area contributed by atoms with E-state index >= 15 is 0 Å². The van der Waals surface area contributed by atoms with Crippen molar-refractivity contribution in [3.63, 3.8) is 0 Å². The standard InChI is InChI=1S/C12H14O3/c1-3-12(13)10-5-4-6-11(9-10)15-8-7-14-2/h3-6,9H,1,7-8H2,2H3. The van der Waals surface area contributed by atoms with Gasteiger partial charge in [-0.15, -0.1) is 0 Å². The van der Waals surface area contributed by atoms with Crippen molar-refractivity contribution in [2.75, 3.05) is 20.3 Å². The summed E-state index contributed by atoms with van der Waals surface area (Å²) < 4.78 is 10.2. The van der Waals surface area contributed by atoms with Gasteiger partial charge in [0.2, 0.25) is 0 Å². The third kappa shape index (κ3) is 3.56. The van der Waals surface area contributed by atoms with Crippen LogP contribution < -0.4 is 4.74 Å². The molecule has 0 aliphatic rings. The second-order valence-corrected chi connectivity index (χ2v) is 2.94. The minimum Gasteiger partial charge on any atom is -0.491 e. The third-order valence-electron chi connectivity index (χ3n) is 1.86. The van der Waals surface area contributed by atoms with Crippen molar-refractivity contribution in [3.8, 4) is 5.75 Å². The first-order valence-corrected chi connectivity index (χ1v) is 4.66. The summed E-state index contributed by atoms with van der Waals surface area (Å²) in [6.45, 7) is 4.43. The van der Waals surface area contributed by atoms with Crippen molar-refractivity contribution in [3.05, 3.63) is 42.5 Å². The van der Waals surface area contributed by atoms with Gasteiger partial charge in [0.1, 0.15) is 12.4 Å². The van der Waals surface area contributed by atoms with Crippen molar-refractivity contribution in [2.45, 2.75) is 0 Å². The van der Waals surface area contributed by atoms with Crippen LogP contribution in [0.5, 0.6) is 5.75 Å². The molecule has 0 aliphatic heterocycles. The topological polar surface area (TPSA) is 35.5 Å². The van der Waals surface area contributed by atoms with Gasteiger partial charge in [0, 0.05) is 12.7 Å². The molecule has 0 heterocycles. The molecule has 0 bridgehead atoms. The lowest BCUT2D eigenvalue weighted by Crippen LogP contribution is -2.04. The van der Waals surface area contributed by atoms with Crippen LogP contribution in [0.25, 0.3) is 0 Å². The molecular formula is C12H14O3. The van der Waals surface area contributed by atoms with Crippen LogP contribution in [0.15, 0.2) is 36.9 Å². The van der Waals surface area contributed by atoms with Gasteiger partial charge in [-0.2, -0.15) is 0 Å². The average Bonchev–Trinajstić information content (AvgIpc) is 2.29. The Hall–Kier alpha value is -1.61. The lowest BCUT2D eigenvalue weighted by Gasteiger charge is -2.05. The highest BCUT2D eigenvalue weighted by Crippen LogP contribution is 2.13. The number of ketones is 1. The Bertz CT molecular complexity index is 344. The second-order valence-electron chi connectivity index (χ2n) is 2.94. The fourth-order valence-electron chi connectivity index (χ4n) is 1.10. The Morgan fingerprint density at radius 3 is 2.93 bits per heavy atom. The summed E-state index contributed by atoms with van der Waals surface area (Å²) in [5.74, 6) is 0.562. The zero-order chi connectivity index (χ0) is 11.1. The number of rotatable bonds is 6. The monoisotopic (exact) mass is 206 g/mol. The van der Waals surface area contributed by atoms with Crippen LogP contribution in [-0.4, -0.2) is 26.1 Å². The van der Waals surface area contributed by atoms with Crippen LogP contribution >= 0.6 is 0 Å². The molecule has 80 valence electrons. The molecule has 3 nitrogen and oxygen atoms in total. The number of hydrogen-bond acceptors (Lipinski definition) is 3. The van der Waals surface area contributed by atoms with E-state index in [0.29, 0.717) is 24.5 Å². The Labute approximate surface area is 89.3 Å². The molecule has 0 unspecified atom stereocenters. The number of allylic oxidation sites excluding steroid dienone is 1. The second kappa shape index (κ2) is 5.98. The summed E-state index contributed by atoms with van der Waals surface area (Å²) in [6.07, 6.45) is 1.29. The van der Waals surface area contributed by atoms with E-state index < -0.39 is 0 Å². The van der Waals surface area contributed by atoms with Crippen molar-refractivity contribution in [2.24, 2.45) is 0 Å². The smallest absolute Gasteiger partial charge is 0.185 e. The summed E-state index contributed by atoms with van der Waals surface area (Å²) in [4.78, 5) is 11.3. The van der Waals surface area contributed by atoms with E-state index in [1.54, 1.807) is 31.4 Å². The Morgan fingerprint density at radius 1 is 1.47 bits per heavy atom. The number of carbonyl (C=O) groups excluding carboxylic acids is 1. The molecule has 0 N–H and O–H groups in total. The molecule has 1 rings (SSSR count). The molecule has 0 saturated carbocycles. The van der Waals surface area contributed by atoms with E-state index in [4.69, 9.17) is 9.47 Å². The first-order valence-electron chi connectivity index (χ1n) is 4.66. The van der Waals surface area contributed by atoms with E-state index in [1.807, 2.05) is 0 Å². The molecule has 1 aromatic carbocycles. The summed E-state index contributed by atoms with van der Waals surface area (Å²) in [5.41, 5.74) is 0.583. The molecule has 0 saturated heterocycles. The van der Waals surface area contributed by atoms with Gasteiger partial charge in [0.15, 0.2) is 5.78 Å². The van der Waals surface area contributed by atoms with E-state index in [1.165, 1.54) is 6.08 Å². The van der Waals surface area contributed by atoms with Crippen molar-refractivity contribution >= 4 is 5.78 Å². The highest BCUT2D eigenvalue weighted by molar-refractivity contribution is 6.04. The number of carbonyl (C=O) groups is 1. The maximum atomic E-state index is 11.3.